The molecule has 9 heteroatoms. The standard InChI is InChI=1S/C27H32F3NO5/c1-26(16-34-17-26)18-36-24-12-20(8-9-23(24)33-2)14-31(15-22-7-4-10-35-22)25(32)13-19-5-3-6-21(11-19)27(28,29)30/h3,5-6,8-9,11-12,22H,4,7,10,13-18H2,1-2H3. The molecule has 2 aromatic carbocycles. The molecule has 2 fully saturated rings. The quantitative estimate of drug-likeness (QED) is 0.459. The van der Waals surface area contributed by atoms with Gasteiger partial charge in [-0.1, -0.05) is 31.2 Å². The van der Waals surface area contributed by atoms with Gasteiger partial charge in [0.2, 0.25) is 5.91 Å². The summed E-state index contributed by atoms with van der Waals surface area (Å²) in [6.45, 7) is 5.11. The van der Waals surface area contributed by atoms with Crippen LogP contribution < -0.4 is 9.47 Å². The first-order chi connectivity index (χ1) is 17.1. The lowest BCUT2D eigenvalue weighted by Crippen LogP contribution is -2.44. The fraction of sp³-hybridized carbons (Fsp3) is 0.519. The van der Waals surface area contributed by atoms with E-state index in [0.717, 1.165) is 30.5 Å². The molecular formula is C27H32F3NO5. The molecule has 36 heavy (non-hydrogen) atoms. The van der Waals surface area contributed by atoms with Crippen molar-refractivity contribution in [1.82, 2.24) is 4.90 Å². The maximum absolute atomic E-state index is 13.3. The SMILES string of the molecule is COc1ccc(CN(CC2CCCO2)C(=O)Cc2cccc(C(F)(F)F)c2)cc1OCC1(C)COC1. The summed E-state index contributed by atoms with van der Waals surface area (Å²) < 4.78 is 62.0. The van der Waals surface area contributed by atoms with Gasteiger partial charge < -0.3 is 23.8 Å². The van der Waals surface area contributed by atoms with Gasteiger partial charge in [-0.25, -0.2) is 0 Å². The average Bonchev–Trinajstić information content (AvgIpc) is 3.34. The fourth-order valence-electron chi connectivity index (χ4n) is 4.37. The number of carbonyl (C=O) groups is 1. The lowest BCUT2D eigenvalue weighted by Gasteiger charge is -2.37. The molecule has 0 aliphatic carbocycles. The maximum atomic E-state index is 13.3. The molecule has 4 rings (SSSR count). The normalized spacial score (nSPS) is 19.0. The molecule has 2 aliphatic heterocycles. The summed E-state index contributed by atoms with van der Waals surface area (Å²) in [6, 6.07) is 10.4. The highest BCUT2D eigenvalue weighted by atomic mass is 19.4. The van der Waals surface area contributed by atoms with Gasteiger partial charge in [0.05, 0.1) is 45.0 Å². The van der Waals surface area contributed by atoms with Gasteiger partial charge in [0.15, 0.2) is 11.5 Å². The zero-order chi connectivity index (χ0) is 25.8. The van der Waals surface area contributed by atoms with E-state index in [1.54, 1.807) is 24.1 Å². The third-order valence-electron chi connectivity index (χ3n) is 6.49. The van der Waals surface area contributed by atoms with Crippen molar-refractivity contribution in [2.24, 2.45) is 5.41 Å². The summed E-state index contributed by atoms with van der Waals surface area (Å²) in [5.41, 5.74) is 0.340. The van der Waals surface area contributed by atoms with Crippen LogP contribution in [0.2, 0.25) is 0 Å². The Labute approximate surface area is 209 Å². The first kappa shape index (κ1) is 26.3. The van der Waals surface area contributed by atoms with Crippen molar-refractivity contribution >= 4 is 5.91 Å². The molecule has 0 bridgehead atoms. The predicted octanol–water partition coefficient (Wildman–Crippen LogP) is 4.88. The monoisotopic (exact) mass is 507 g/mol. The Balaban J connectivity index is 1.50. The molecule has 2 heterocycles. The molecule has 2 saturated heterocycles. The largest absolute Gasteiger partial charge is 0.493 e. The summed E-state index contributed by atoms with van der Waals surface area (Å²) in [7, 11) is 1.57. The van der Waals surface area contributed by atoms with Gasteiger partial charge in [-0.2, -0.15) is 13.2 Å². The van der Waals surface area contributed by atoms with E-state index in [-0.39, 0.29) is 30.4 Å². The van der Waals surface area contributed by atoms with Gasteiger partial charge in [-0.15, -0.1) is 0 Å². The average molecular weight is 508 g/mol. The predicted molar refractivity (Wildman–Crippen MR) is 127 cm³/mol. The van der Waals surface area contributed by atoms with E-state index in [0.29, 0.717) is 50.0 Å². The third kappa shape index (κ3) is 6.70. The number of benzene rings is 2. The number of methoxy groups -OCH3 is 1. The van der Waals surface area contributed by atoms with Gasteiger partial charge in [0.25, 0.3) is 0 Å². The van der Waals surface area contributed by atoms with Crippen molar-refractivity contribution in [3.8, 4) is 11.5 Å². The second kappa shape index (κ2) is 11.1. The van der Waals surface area contributed by atoms with Gasteiger partial charge >= 0.3 is 6.18 Å². The van der Waals surface area contributed by atoms with E-state index in [9.17, 15) is 18.0 Å². The molecule has 1 unspecified atom stereocenters. The minimum atomic E-state index is -4.46. The van der Waals surface area contributed by atoms with Crippen LogP contribution in [0.1, 0.15) is 36.5 Å². The molecule has 6 nitrogen and oxygen atoms in total. The van der Waals surface area contributed by atoms with E-state index < -0.39 is 11.7 Å². The minimum Gasteiger partial charge on any atom is -0.493 e. The second-order valence-corrected chi connectivity index (χ2v) is 9.86. The minimum absolute atomic E-state index is 0.0478. The highest BCUT2D eigenvalue weighted by Gasteiger charge is 2.35. The lowest BCUT2D eigenvalue weighted by atomic mass is 9.90. The number of alkyl halides is 3. The van der Waals surface area contributed by atoms with Crippen molar-refractivity contribution in [3.05, 3.63) is 59.2 Å². The van der Waals surface area contributed by atoms with Gasteiger partial charge in [-0.3, -0.25) is 4.79 Å². The summed E-state index contributed by atoms with van der Waals surface area (Å²) >= 11 is 0. The van der Waals surface area contributed by atoms with Crippen molar-refractivity contribution in [1.29, 1.82) is 0 Å². The number of carbonyl (C=O) groups excluding carboxylic acids is 1. The van der Waals surface area contributed by atoms with Crippen LogP contribution in [0.15, 0.2) is 42.5 Å². The summed E-state index contributed by atoms with van der Waals surface area (Å²) in [5.74, 6) is 0.899. The topological polar surface area (TPSA) is 57.2 Å². The third-order valence-corrected chi connectivity index (χ3v) is 6.49. The Morgan fingerprint density at radius 1 is 1.14 bits per heavy atom. The zero-order valence-corrected chi connectivity index (χ0v) is 20.6. The number of hydrogen-bond acceptors (Lipinski definition) is 5. The molecule has 0 saturated carbocycles. The second-order valence-electron chi connectivity index (χ2n) is 9.86. The Bertz CT molecular complexity index is 1050. The molecule has 0 spiro atoms. The maximum Gasteiger partial charge on any atom is 0.416 e. The lowest BCUT2D eigenvalue weighted by molar-refractivity contribution is -0.138. The highest BCUT2D eigenvalue weighted by molar-refractivity contribution is 5.79. The van der Waals surface area contributed by atoms with E-state index in [1.165, 1.54) is 6.07 Å². The van der Waals surface area contributed by atoms with E-state index in [4.69, 9.17) is 18.9 Å². The number of hydrogen-bond donors (Lipinski definition) is 0. The van der Waals surface area contributed by atoms with Crippen LogP contribution in [0.3, 0.4) is 0 Å². The molecule has 1 amide bonds. The smallest absolute Gasteiger partial charge is 0.416 e. The van der Waals surface area contributed by atoms with Crippen LogP contribution in [0.4, 0.5) is 13.2 Å². The number of amides is 1. The fourth-order valence-corrected chi connectivity index (χ4v) is 4.37. The first-order valence-corrected chi connectivity index (χ1v) is 12.1. The molecule has 0 N–H and O–H groups in total. The van der Waals surface area contributed by atoms with Crippen LogP contribution >= 0.6 is 0 Å². The molecular weight excluding hydrogens is 475 g/mol. The van der Waals surface area contributed by atoms with Crippen molar-refractivity contribution in [3.63, 3.8) is 0 Å². The molecule has 2 aliphatic rings. The van der Waals surface area contributed by atoms with Crippen LogP contribution in [0.5, 0.6) is 11.5 Å². The Kier molecular flexibility index (Phi) is 8.10. The summed E-state index contributed by atoms with van der Waals surface area (Å²) in [6.07, 6.45) is -2.93. The number of rotatable bonds is 10. The first-order valence-electron chi connectivity index (χ1n) is 12.1. The molecule has 1 atom stereocenters. The summed E-state index contributed by atoms with van der Waals surface area (Å²) in [4.78, 5) is 15.0. The van der Waals surface area contributed by atoms with E-state index in [1.807, 2.05) is 12.1 Å². The van der Waals surface area contributed by atoms with E-state index >= 15 is 0 Å². The van der Waals surface area contributed by atoms with Crippen LogP contribution in [-0.4, -0.2) is 57.0 Å². The van der Waals surface area contributed by atoms with Crippen LogP contribution in [0, 0.1) is 5.41 Å². The van der Waals surface area contributed by atoms with Crippen LogP contribution in [0.25, 0.3) is 0 Å². The highest BCUT2D eigenvalue weighted by Crippen LogP contribution is 2.33. The van der Waals surface area contributed by atoms with Gasteiger partial charge in [0.1, 0.15) is 0 Å². The number of ether oxygens (including phenoxy) is 4. The summed E-state index contributed by atoms with van der Waals surface area (Å²) in [5, 5.41) is 0. The molecule has 196 valence electrons. The Hall–Kier alpha value is -2.78. The number of halogens is 3. The Morgan fingerprint density at radius 2 is 1.94 bits per heavy atom. The van der Waals surface area contributed by atoms with Gasteiger partial charge in [-0.05, 0) is 42.2 Å². The molecule has 0 radical (unpaired) electrons. The number of nitrogens with zero attached hydrogens (tertiary/aromatic N) is 1. The zero-order valence-electron chi connectivity index (χ0n) is 20.6. The molecule has 2 aromatic rings. The van der Waals surface area contributed by atoms with Crippen LogP contribution in [-0.2, 0) is 33.4 Å². The van der Waals surface area contributed by atoms with Crippen molar-refractivity contribution in [2.75, 3.05) is 40.1 Å². The Morgan fingerprint density at radius 3 is 2.58 bits per heavy atom. The molecule has 0 aromatic heterocycles. The van der Waals surface area contributed by atoms with Gasteiger partial charge in [0, 0.05) is 25.1 Å². The van der Waals surface area contributed by atoms with E-state index in [2.05, 4.69) is 6.92 Å². The van der Waals surface area contributed by atoms with Crippen molar-refractivity contribution in [2.45, 2.75) is 45.0 Å². The van der Waals surface area contributed by atoms with Crippen molar-refractivity contribution < 1.29 is 36.9 Å².